The number of carbonyl (C=O) groups is 1. The van der Waals surface area contributed by atoms with Crippen LogP contribution in [0.25, 0.3) is 5.57 Å². The third kappa shape index (κ3) is 2.57. The minimum atomic E-state index is -0.749. The van der Waals surface area contributed by atoms with Gasteiger partial charge in [0.1, 0.15) is 6.20 Å². The molecule has 90 valence electrons. The fourth-order valence-corrected chi connectivity index (χ4v) is 1.16. The molecule has 0 spiro atoms. The van der Waals surface area contributed by atoms with Crippen LogP contribution in [-0.2, 0) is 9.53 Å². The molecule has 0 fully saturated rings. The molecule has 0 radical (unpaired) electrons. The Morgan fingerprint density at radius 2 is 2.18 bits per heavy atom. The molecule has 0 amide bonds. The molecule has 7 heteroatoms. The largest absolute Gasteiger partial charge is 0.481 e. The first-order valence-corrected chi connectivity index (χ1v) is 4.47. The van der Waals surface area contributed by atoms with E-state index < -0.39 is 10.9 Å². The average molecular weight is 238 g/mol. The van der Waals surface area contributed by atoms with Crippen LogP contribution < -0.4 is 4.74 Å². The summed E-state index contributed by atoms with van der Waals surface area (Å²) in [6.07, 6.45) is 1.00. The molecule has 0 bridgehead atoms. The van der Waals surface area contributed by atoms with Gasteiger partial charge >= 0.3 is 5.97 Å². The van der Waals surface area contributed by atoms with Crippen LogP contribution in [0.2, 0.25) is 0 Å². The summed E-state index contributed by atoms with van der Waals surface area (Å²) < 4.78 is 9.28. The van der Waals surface area contributed by atoms with Crippen LogP contribution in [-0.4, -0.2) is 30.1 Å². The van der Waals surface area contributed by atoms with E-state index in [4.69, 9.17) is 4.74 Å². The fraction of sp³-hybridized carbons (Fsp3) is 0.200. The van der Waals surface area contributed by atoms with Gasteiger partial charge in [-0.3, -0.25) is 10.1 Å². The number of methoxy groups -OCH3 is 2. The highest BCUT2D eigenvalue weighted by Crippen LogP contribution is 2.27. The standard InChI is InChI=1S/C10H10N2O5/c1-6(10(13)17-3)7-4-9(16-2)11-5-8(7)12(14)15/h4-5H,1H2,2-3H3. The zero-order valence-electron chi connectivity index (χ0n) is 9.30. The quantitative estimate of drug-likeness (QED) is 0.338. The predicted molar refractivity (Wildman–Crippen MR) is 58.5 cm³/mol. The van der Waals surface area contributed by atoms with Crippen LogP contribution in [0.5, 0.6) is 5.88 Å². The van der Waals surface area contributed by atoms with Crippen LogP contribution in [0.4, 0.5) is 5.69 Å². The van der Waals surface area contributed by atoms with E-state index in [0.717, 1.165) is 13.3 Å². The molecule has 0 aromatic carbocycles. The molecule has 0 aliphatic heterocycles. The summed E-state index contributed by atoms with van der Waals surface area (Å²) in [5.41, 5.74) is -0.435. The average Bonchev–Trinajstić information content (AvgIpc) is 2.35. The fourth-order valence-electron chi connectivity index (χ4n) is 1.16. The van der Waals surface area contributed by atoms with Crippen LogP contribution in [0.3, 0.4) is 0 Å². The van der Waals surface area contributed by atoms with Crippen molar-refractivity contribution < 1.29 is 19.2 Å². The van der Waals surface area contributed by atoms with E-state index in [9.17, 15) is 14.9 Å². The van der Waals surface area contributed by atoms with Crippen molar-refractivity contribution in [3.63, 3.8) is 0 Å². The Kier molecular flexibility index (Phi) is 3.76. The number of nitro groups is 1. The van der Waals surface area contributed by atoms with Gasteiger partial charge in [0, 0.05) is 6.07 Å². The van der Waals surface area contributed by atoms with Crippen molar-refractivity contribution in [3.8, 4) is 5.88 Å². The number of rotatable bonds is 4. The molecule has 1 rings (SSSR count). The molecule has 0 saturated heterocycles. The molecule has 7 nitrogen and oxygen atoms in total. The summed E-state index contributed by atoms with van der Waals surface area (Å²) in [5.74, 6) is -0.600. The first-order valence-electron chi connectivity index (χ1n) is 4.47. The van der Waals surface area contributed by atoms with Crippen molar-refractivity contribution in [2.24, 2.45) is 0 Å². The van der Waals surface area contributed by atoms with E-state index in [1.807, 2.05) is 0 Å². The minimum Gasteiger partial charge on any atom is -0.481 e. The molecule has 0 aliphatic rings. The molecular formula is C10H10N2O5. The second-order valence-electron chi connectivity index (χ2n) is 2.97. The summed E-state index contributed by atoms with van der Waals surface area (Å²) in [6, 6.07) is 1.26. The van der Waals surface area contributed by atoms with Crippen LogP contribution >= 0.6 is 0 Å². The highest BCUT2D eigenvalue weighted by Gasteiger charge is 2.22. The van der Waals surface area contributed by atoms with Crippen LogP contribution in [0.15, 0.2) is 18.8 Å². The smallest absolute Gasteiger partial charge is 0.338 e. The number of nitrogens with zero attached hydrogens (tertiary/aromatic N) is 2. The predicted octanol–water partition coefficient (Wildman–Crippen LogP) is 1.18. The Balaban J connectivity index is 3.31. The summed E-state index contributed by atoms with van der Waals surface area (Å²) >= 11 is 0. The highest BCUT2D eigenvalue weighted by molar-refractivity contribution is 6.16. The minimum absolute atomic E-state index is 0.0219. The summed E-state index contributed by atoms with van der Waals surface area (Å²) in [6.45, 7) is 3.45. The summed E-state index contributed by atoms with van der Waals surface area (Å²) in [4.78, 5) is 25.1. The molecule has 17 heavy (non-hydrogen) atoms. The Morgan fingerprint density at radius 3 is 2.65 bits per heavy atom. The van der Waals surface area contributed by atoms with Crippen molar-refractivity contribution >= 4 is 17.2 Å². The topological polar surface area (TPSA) is 91.6 Å². The molecular weight excluding hydrogens is 228 g/mol. The lowest BCUT2D eigenvalue weighted by molar-refractivity contribution is -0.385. The molecule has 0 aliphatic carbocycles. The van der Waals surface area contributed by atoms with Crippen LogP contribution in [0.1, 0.15) is 5.56 Å². The SMILES string of the molecule is C=C(C(=O)OC)c1cc(OC)ncc1[N+](=O)[O-]. The summed E-state index contributed by atoms with van der Waals surface area (Å²) in [5, 5.41) is 10.8. The van der Waals surface area contributed by atoms with Gasteiger partial charge in [-0.05, 0) is 0 Å². The second-order valence-corrected chi connectivity index (χ2v) is 2.97. The van der Waals surface area contributed by atoms with Crippen molar-refractivity contribution in [2.45, 2.75) is 0 Å². The van der Waals surface area contributed by atoms with Gasteiger partial charge in [-0.25, -0.2) is 9.78 Å². The van der Waals surface area contributed by atoms with Gasteiger partial charge in [-0.2, -0.15) is 0 Å². The van der Waals surface area contributed by atoms with E-state index in [-0.39, 0.29) is 22.7 Å². The van der Waals surface area contributed by atoms with Crippen molar-refractivity contribution in [2.75, 3.05) is 14.2 Å². The third-order valence-corrected chi connectivity index (χ3v) is 2.02. The maximum atomic E-state index is 11.3. The Hall–Kier alpha value is -2.44. The second kappa shape index (κ2) is 5.06. The zero-order valence-corrected chi connectivity index (χ0v) is 9.30. The monoisotopic (exact) mass is 238 g/mol. The number of carbonyl (C=O) groups excluding carboxylic acids is 1. The number of esters is 1. The maximum Gasteiger partial charge on any atom is 0.338 e. The van der Waals surface area contributed by atoms with Gasteiger partial charge in [0.05, 0.1) is 30.3 Å². The molecule has 0 N–H and O–H groups in total. The number of ether oxygens (including phenoxy) is 2. The number of aromatic nitrogens is 1. The Labute approximate surface area is 96.8 Å². The van der Waals surface area contributed by atoms with Gasteiger partial charge < -0.3 is 9.47 Å². The lowest BCUT2D eigenvalue weighted by atomic mass is 10.1. The van der Waals surface area contributed by atoms with E-state index >= 15 is 0 Å². The van der Waals surface area contributed by atoms with Gasteiger partial charge in [-0.15, -0.1) is 0 Å². The molecule has 1 aromatic rings. The first kappa shape index (κ1) is 12.6. The van der Waals surface area contributed by atoms with Crippen molar-refractivity contribution in [1.29, 1.82) is 0 Å². The molecule has 1 aromatic heterocycles. The van der Waals surface area contributed by atoms with E-state index in [0.29, 0.717) is 0 Å². The number of pyridine rings is 1. The first-order chi connectivity index (χ1) is 8.01. The van der Waals surface area contributed by atoms with Crippen LogP contribution in [0, 0.1) is 10.1 Å². The van der Waals surface area contributed by atoms with E-state index in [2.05, 4.69) is 16.3 Å². The number of hydrogen-bond donors (Lipinski definition) is 0. The molecule has 1 heterocycles. The highest BCUT2D eigenvalue weighted by atomic mass is 16.6. The Bertz CT molecular complexity index is 484. The van der Waals surface area contributed by atoms with E-state index in [1.54, 1.807) is 0 Å². The van der Waals surface area contributed by atoms with Gasteiger partial charge in [0.25, 0.3) is 5.69 Å². The molecule has 0 atom stereocenters. The molecule has 0 unspecified atom stereocenters. The maximum absolute atomic E-state index is 11.3. The lowest BCUT2D eigenvalue weighted by Crippen LogP contribution is -2.06. The lowest BCUT2D eigenvalue weighted by Gasteiger charge is -2.06. The number of hydrogen-bond acceptors (Lipinski definition) is 6. The Morgan fingerprint density at radius 1 is 1.53 bits per heavy atom. The normalized spacial score (nSPS) is 9.53. The summed E-state index contributed by atoms with van der Waals surface area (Å²) in [7, 11) is 2.52. The molecule has 0 saturated carbocycles. The van der Waals surface area contributed by atoms with Gasteiger partial charge in [0.2, 0.25) is 5.88 Å². The van der Waals surface area contributed by atoms with Crippen molar-refractivity contribution in [3.05, 3.63) is 34.5 Å². The van der Waals surface area contributed by atoms with E-state index in [1.165, 1.54) is 13.2 Å². The van der Waals surface area contributed by atoms with Gasteiger partial charge in [0.15, 0.2) is 0 Å². The van der Waals surface area contributed by atoms with Gasteiger partial charge in [-0.1, -0.05) is 6.58 Å². The van der Waals surface area contributed by atoms with Crippen molar-refractivity contribution in [1.82, 2.24) is 4.98 Å². The zero-order chi connectivity index (χ0) is 13.0. The third-order valence-electron chi connectivity index (χ3n) is 2.02.